The lowest BCUT2D eigenvalue weighted by molar-refractivity contribution is -0.131. The molecule has 29 heavy (non-hydrogen) atoms. The van der Waals surface area contributed by atoms with Crippen LogP contribution in [-0.4, -0.2) is 86.1 Å². The molecule has 8 heteroatoms. The molecule has 0 radical (unpaired) electrons. The van der Waals surface area contributed by atoms with Gasteiger partial charge in [0.2, 0.25) is 11.8 Å². The average molecular weight is 412 g/mol. The van der Waals surface area contributed by atoms with Gasteiger partial charge in [-0.1, -0.05) is 19.3 Å². The van der Waals surface area contributed by atoms with Gasteiger partial charge in [0.25, 0.3) is 0 Å². The molecule has 3 N–H and O–H groups in total. The van der Waals surface area contributed by atoms with Gasteiger partial charge in [-0.2, -0.15) is 0 Å². The topological polar surface area (TPSA) is 100 Å². The van der Waals surface area contributed by atoms with Crippen LogP contribution >= 0.6 is 0 Å². The van der Waals surface area contributed by atoms with Crippen molar-refractivity contribution in [2.45, 2.75) is 69.6 Å². The predicted molar refractivity (Wildman–Crippen MR) is 108 cm³/mol. The third-order valence-electron chi connectivity index (χ3n) is 6.35. The molecule has 3 fully saturated rings. The number of rotatable bonds is 8. The van der Waals surface area contributed by atoms with E-state index in [0.717, 1.165) is 58.0 Å². The first-order valence-electron chi connectivity index (χ1n) is 11.3. The Morgan fingerprint density at radius 2 is 1.79 bits per heavy atom. The molecule has 2 heterocycles. The SMILES string of the molecule is O=C(CN1CCOCC1)N[C@H]1CC[C@H](CCNC(=O)C2CCCCC2)O[C@H]1CO. The number of hydrogen-bond donors (Lipinski definition) is 3. The number of carbonyl (C=O) groups excluding carboxylic acids is 2. The van der Waals surface area contributed by atoms with Gasteiger partial charge in [-0.3, -0.25) is 14.5 Å². The number of aliphatic hydroxyl groups is 1. The first-order valence-corrected chi connectivity index (χ1v) is 11.3. The summed E-state index contributed by atoms with van der Waals surface area (Å²) in [7, 11) is 0. The van der Waals surface area contributed by atoms with Crippen LogP contribution in [0.4, 0.5) is 0 Å². The average Bonchev–Trinajstić information content (AvgIpc) is 2.76. The summed E-state index contributed by atoms with van der Waals surface area (Å²) in [5, 5.41) is 15.8. The van der Waals surface area contributed by atoms with E-state index in [1.165, 1.54) is 6.42 Å². The minimum absolute atomic E-state index is 0.00574. The van der Waals surface area contributed by atoms with E-state index in [-0.39, 0.29) is 36.5 Å². The standard InChI is InChI=1S/C21H37N3O5/c25-15-19-18(23-20(26)14-24-10-12-28-13-11-24)7-6-17(29-19)8-9-22-21(27)16-4-2-1-3-5-16/h16-19,25H,1-15H2,(H,22,27)(H,23,26)/t17-,18+,19+/m1/s1. The lowest BCUT2D eigenvalue weighted by Gasteiger charge is -2.37. The summed E-state index contributed by atoms with van der Waals surface area (Å²) in [6.45, 7) is 3.71. The van der Waals surface area contributed by atoms with Gasteiger partial charge in [0, 0.05) is 25.6 Å². The van der Waals surface area contributed by atoms with Crippen molar-refractivity contribution >= 4 is 11.8 Å². The second kappa shape index (κ2) is 11.8. The molecule has 0 aromatic heterocycles. The molecular formula is C21H37N3O5. The minimum Gasteiger partial charge on any atom is -0.394 e. The Labute approximate surface area is 173 Å². The number of nitrogens with zero attached hydrogens (tertiary/aromatic N) is 1. The van der Waals surface area contributed by atoms with Gasteiger partial charge in [0.15, 0.2) is 0 Å². The molecule has 2 aliphatic heterocycles. The quantitative estimate of drug-likeness (QED) is 0.536. The van der Waals surface area contributed by atoms with Crippen LogP contribution in [0, 0.1) is 5.92 Å². The number of carbonyl (C=O) groups is 2. The second-order valence-corrected chi connectivity index (χ2v) is 8.53. The summed E-state index contributed by atoms with van der Waals surface area (Å²) in [6.07, 6.45) is 7.51. The van der Waals surface area contributed by atoms with Gasteiger partial charge in [0.1, 0.15) is 6.10 Å². The zero-order chi connectivity index (χ0) is 20.5. The summed E-state index contributed by atoms with van der Waals surface area (Å²) in [4.78, 5) is 26.7. The van der Waals surface area contributed by atoms with Gasteiger partial charge in [-0.15, -0.1) is 0 Å². The van der Waals surface area contributed by atoms with E-state index in [1.54, 1.807) is 0 Å². The van der Waals surface area contributed by atoms with Crippen LogP contribution < -0.4 is 10.6 Å². The van der Waals surface area contributed by atoms with Crippen LogP contribution in [0.1, 0.15) is 51.4 Å². The molecular weight excluding hydrogens is 374 g/mol. The van der Waals surface area contributed by atoms with Crippen molar-refractivity contribution in [2.75, 3.05) is 46.0 Å². The second-order valence-electron chi connectivity index (χ2n) is 8.53. The van der Waals surface area contributed by atoms with E-state index in [0.29, 0.717) is 26.3 Å². The van der Waals surface area contributed by atoms with Crippen molar-refractivity contribution in [2.24, 2.45) is 5.92 Å². The summed E-state index contributed by atoms with van der Waals surface area (Å²) in [5.41, 5.74) is 0. The molecule has 166 valence electrons. The fraction of sp³-hybridized carbons (Fsp3) is 0.905. The van der Waals surface area contributed by atoms with Gasteiger partial charge in [-0.25, -0.2) is 0 Å². The third-order valence-corrected chi connectivity index (χ3v) is 6.35. The van der Waals surface area contributed by atoms with Crippen LogP contribution in [-0.2, 0) is 19.1 Å². The van der Waals surface area contributed by atoms with Crippen molar-refractivity contribution in [3.8, 4) is 0 Å². The normalized spacial score (nSPS) is 29.3. The lowest BCUT2D eigenvalue weighted by Crippen LogP contribution is -2.53. The van der Waals surface area contributed by atoms with Crippen molar-refractivity contribution < 1.29 is 24.2 Å². The molecule has 0 aromatic rings. The molecule has 1 aliphatic carbocycles. The minimum atomic E-state index is -0.392. The van der Waals surface area contributed by atoms with E-state index < -0.39 is 6.10 Å². The van der Waals surface area contributed by atoms with Crippen LogP contribution in [0.25, 0.3) is 0 Å². The number of nitrogens with one attached hydrogen (secondary N) is 2. The number of amides is 2. The Kier molecular flexibility index (Phi) is 9.17. The van der Waals surface area contributed by atoms with Crippen molar-refractivity contribution in [3.63, 3.8) is 0 Å². The van der Waals surface area contributed by atoms with Gasteiger partial charge in [0.05, 0.1) is 38.5 Å². The Bertz CT molecular complexity index is 520. The van der Waals surface area contributed by atoms with E-state index >= 15 is 0 Å². The molecule has 2 saturated heterocycles. The first-order chi connectivity index (χ1) is 14.2. The summed E-state index contributed by atoms with van der Waals surface area (Å²) in [5.74, 6) is 0.317. The van der Waals surface area contributed by atoms with Crippen molar-refractivity contribution in [1.29, 1.82) is 0 Å². The summed E-state index contributed by atoms with van der Waals surface area (Å²) < 4.78 is 11.3. The van der Waals surface area contributed by atoms with E-state index in [4.69, 9.17) is 9.47 Å². The largest absolute Gasteiger partial charge is 0.394 e. The lowest BCUT2D eigenvalue weighted by atomic mass is 9.88. The fourth-order valence-electron chi connectivity index (χ4n) is 4.59. The highest BCUT2D eigenvalue weighted by Gasteiger charge is 2.32. The summed E-state index contributed by atoms with van der Waals surface area (Å²) in [6, 6.07) is -0.165. The Hall–Kier alpha value is -1.22. The van der Waals surface area contributed by atoms with Crippen LogP contribution in [0.3, 0.4) is 0 Å². The maximum Gasteiger partial charge on any atom is 0.234 e. The summed E-state index contributed by atoms with van der Waals surface area (Å²) >= 11 is 0. The highest BCUT2D eigenvalue weighted by Crippen LogP contribution is 2.24. The zero-order valence-corrected chi connectivity index (χ0v) is 17.4. The maximum absolute atomic E-state index is 12.3. The van der Waals surface area contributed by atoms with Gasteiger partial charge < -0.3 is 25.2 Å². The fourth-order valence-corrected chi connectivity index (χ4v) is 4.59. The molecule has 0 aromatic carbocycles. The molecule has 3 aliphatic rings. The van der Waals surface area contributed by atoms with Gasteiger partial charge in [-0.05, 0) is 32.1 Å². The molecule has 2 amide bonds. The highest BCUT2D eigenvalue weighted by atomic mass is 16.5. The molecule has 0 spiro atoms. The highest BCUT2D eigenvalue weighted by molar-refractivity contribution is 5.79. The number of hydrogen-bond acceptors (Lipinski definition) is 6. The van der Waals surface area contributed by atoms with Crippen molar-refractivity contribution in [3.05, 3.63) is 0 Å². The molecule has 0 unspecified atom stereocenters. The Morgan fingerprint density at radius 1 is 1.03 bits per heavy atom. The third kappa shape index (κ3) is 7.20. The smallest absolute Gasteiger partial charge is 0.234 e. The van der Waals surface area contributed by atoms with Crippen LogP contribution in [0.15, 0.2) is 0 Å². The number of ether oxygens (including phenoxy) is 2. The zero-order valence-electron chi connectivity index (χ0n) is 17.4. The van der Waals surface area contributed by atoms with E-state index in [2.05, 4.69) is 15.5 Å². The molecule has 3 atom stereocenters. The van der Waals surface area contributed by atoms with Gasteiger partial charge >= 0.3 is 0 Å². The monoisotopic (exact) mass is 411 g/mol. The predicted octanol–water partition coefficient (Wildman–Crippen LogP) is 0.430. The van der Waals surface area contributed by atoms with E-state index in [9.17, 15) is 14.7 Å². The Morgan fingerprint density at radius 3 is 2.52 bits per heavy atom. The van der Waals surface area contributed by atoms with Crippen molar-refractivity contribution in [1.82, 2.24) is 15.5 Å². The number of aliphatic hydroxyl groups excluding tert-OH is 1. The number of morpholine rings is 1. The van der Waals surface area contributed by atoms with Crippen LogP contribution in [0.2, 0.25) is 0 Å². The Balaban J connectivity index is 1.35. The first kappa shape index (κ1) is 22.5. The maximum atomic E-state index is 12.3. The molecule has 1 saturated carbocycles. The van der Waals surface area contributed by atoms with E-state index in [1.807, 2.05) is 0 Å². The molecule has 0 bridgehead atoms. The van der Waals surface area contributed by atoms with Crippen LogP contribution in [0.5, 0.6) is 0 Å². The molecule has 3 rings (SSSR count). The molecule has 8 nitrogen and oxygen atoms in total.